The molecule has 11 heteroatoms. The van der Waals surface area contributed by atoms with Crippen molar-refractivity contribution in [3.63, 3.8) is 0 Å². The predicted molar refractivity (Wildman–Crippen MR) is 99.8 cm³/mol. The van der Waals surface area contributed by atoms with E-state index in [9.17, 15) is 13.2 Å². The average molecular weight is 422 g/mol. The van der Waals surface area contributed by atoms with Crippen molar-refractivity contribution in [1.29, 1.82) is 5.41 Å². The number of rotatable bonds is 3. The number of halogens is 4. The van der Waals surface area contributed by atoms with Gasteiger partial charge in [-0.2, -0.15) is 23.3 Å². The smallest absolute Gasteiger partial charge is 0.311 e. The van der Waals surface area contributed by atoms with Gasteiger partial charge in [-0.25, -0.2) is 9.67 Å². The molecule has 29 heavy (non-hydrogen) atoms. The van der Waals surface area contributed by atoms with Crippen LogP contribution in [0.2, 0.25) is 5.28 Å². The first kappa shape index (κ1) is 19.2. The number of benzene rings is 1. The second-order valence-corrected chi connectivity index (χ2v) is 6.90. The van der Waals surface area contributed by atoms with Gasteiger partial charge in [-0.3, -0.25) is 9.98 Å². The molecule has 0 amide bonds. The number of hydrogen-bond acceptors (Lipinski definition) is 4. The molecule has 0 saturated heterocycles. The van der Waals surface area contributed by atoms with Crippen LogP contribution in [-0.4, -0.2) is 28.9 Å². The summed E-state index contributed by atoms with van der Waals surface area (Å²) in [6, 6.07) is 7.94. The van der Waals surface area contributed by atoms with Crippen molar-refractivity contribution < 1.29 is 13.2 Å². The van der Waals surface area contributed by atoms with Crippen LogP contribution in [0.25, 0.3) is 16.9 Å². The van der Waals surface area contributed by atoms with Crippen molar-refractivity contribution in [2.45, 2.75) is 19.6 Å². The van der Waals surface area contributed by atoms with Crippen LogP contribution in [0.4, 0.5) is 13.2 Å². The van der Waals surface area contributed by atoms with Gasteiger partial charge in [0.1, 0.15) is 5.52 Å². The van der Waals surface area contributed by atoms with E-state index in [0.29, 0.717) is 29.1 Å². The van der Waals surface area contributed by atoms with Crippen molar-refractivity contribution in [2.75, 3.05) is 0 Å². The Hall–Kier alpha value is -3.14. The summed E-state index contributed by atoms with van der Waals surface area (Å²) in [6.45, 7) is 1.91. The van der Waals surface area contributed by atoms with E-state index in [4.69, 9.17) is 17.0 Å². The minimum atomic E-state index is -4.49. The summed E-state index contributed by atoms with van der Waals surface area (Å²) in [7, 11) is 1.74. The van der Waals surface area contributed by atoms with Crippen LogP contribution in [0.1, 0.15) is 17.0 Å². The Bertz CT molecular complexity index is 1270. The van der Waals surface area contributed by atoms with Gasteiger partial charge in [0.25, 0.3) is 0 Å². The zero-order valence-electron chi connectivity index (χ0n) is 15.4. The molecule has 1 aromatic carbocycles. The maximum absolute atomic E-state index is 12.9. The van der Waals surface area contributed by atoms with Crippen LogP contribution in [0.3, 0.4) is 0 Å². The lowest BCUT2D eigenvalue weighted by atomic mass is 10.2. The highest BCUT2D eigenvalue weighted by atomic mass is 35.5. The molecule has 0 atom stereocenters. The normalized spacial score (nSPS) is 12.1. The highest BCUT2D eigenvalue weighted by molar-refractivity contribution is 6.28. The van der Waals surface area contributed by atoms with Gasteiger partial charge in [0.2, 0.25) is 10.9 Å². The Morgan fingerprint density at radius 3 is 2.48 bits per heavy atom. The minimum Gasteiger partial charge on any atom is -0.311 e. The summed E-state index contributed by atoms with van der Waals surface area (Å²) in [4.78, 5) is 8.16. The molecule has 3 aromatic heterocycles. The molecule has 4 rings (SSSR count). The molecular weight excluding hydrogens is 407 g/mol. The summed E-state index contributed by atoms with van der Waals surface area (Å²) in [5.41, 5.74) is 2.23. The van der Waals surface area contributed by atoms with Crippen LogP contribution in [-0.2, 0) is 19.8 Å². The zero-order chi connectivity index (χ0) is 20.9. The fourth-order valence-corrected chi connectivity index (χ4v) is 3.25. The fourth-order valence-electron chi connectivity index (χ4n) is 3.13. The Balaban J connectivity index is 1.68. The lowest BCUT2D eigenvalue weighted by molar-refractivity contribution is -0.141. The van der Waals surface area contributed by atoms with Gasteiger partial charge in [-0.05, 0) is 42.3 Å². The van der Waals surface area contributed by atoms with Crippen LogP contribution < -0.4 is 5.62 Å². The summed E-state index contributed by atoms with van der Waals surface area (Å²) in [6.07, 6.45) is -2.93. The summed E-state index contributed by atoms with van der Waals surface area (Å²) in [5, 5.41) is 12.0. The molecular formula is C18H15ClF3N7. The van der Waals surface area contributed by atoms with E-state index in [2.05, 4.69) is 15.1 Å². The quantitative estimate of drug-likeness (QED) is 0.514. The van der Waals surface area contributed by atoms with E-state index in [1.165, 1.54) is 4.68 Å². The first-order chi connectivity index (χ1) is 13.6. The van der Waals surface area contributed by atoms with Gasteiger partial charge in [0, 0.05) is 12.7 Å². The van der Waals surface area contributed by atoms with E-state index in [-0.39, 0.29) is 10.9 Å². The number of imidazole rings is 1. The molecule has 3 heterocycles. The number of nitrogens with zero attached hydrogens (tertiary/aromatic N) is 6. The Morgan fingerprint density at radius 1 is 1.17 bits per heavy atom. The first-order valence-corrected chi connectivity index (χ1v) is 8.88. The standard InChI is InChI=1S/C18H15ClF3N7/c1-10-7-14(18(20,21)22)26-29(10)12-5-3-11(4-6-12)9-28-15-13(27(2)17(28)23)8-24-16(19)25-15/h3-8,23H,9H2,1-2H3. The second-order valence-electron chi connectivity index (χ2n) is 6.56. The van der Waals surface area contributed by atoms with Crippen LogP contribution in [0.5, 0.6) is 0 Å². The zero-order valence-corrected chi connectivity index (χ0v) is 16.1. The third-order valence-corrected chi connectivity index (χ3v) is 4.79. The van der Waals surface area contributed by atoms with Crippen molar-refractivity contribution in [3.05, 3.63) is 64.4 Å². The van der Waals surface area contributed by atoms with Crippen molar-refractivity contribution in [2.24, 2.45) is 7.05 Å². The Morgan fingerprint density at radius 2 is 1.86 bits per heavy atom. The Labute approximate surface area is 167 Å². The van der Waals surface area contributed by atoms with Gasteiger partial charge in [0.05, 0.1) is 18.4 Å². The molecule has 7 nitrogen and oxygen atoms in total. The molecule has 0 bridgehead atoms. The fraction of sp³-hybridized carbons (Fsp3) is 0.222. The lowest BCUT2D eigenvalue weighted by Gasteiger charge is -2.08. The Kier molecular flexibility index (Phi) is 4.45. The number of hydrogen-bond donors (Lipinski definition) is 1. The van der Waals surface area contributed by atoms with Gasteiger partial charge >= 0.3 is 6.18 Å². The van der Waals surface area contributed by atoms with Crippen molar-refractivity contribution >= 4 is 22.8 Å². The molecule has 4 aromatic rings. The summed E-state index contributed by atoms with van der Waals surface area (Å²) in [5.74, 6) is 0. The van der Waals surface area contributed by atoms with E-state index in [1.807, 2.05) is 0 Å². The predicted octanol–water partition coefficient (Wildman–Crippen LogP) is 3.46. The summed E-state index contributed by atoms with van der Waals surface area (Å²) < 4.78 is 43.2. The van der Waals surface area contributed by atoms with Gasteiger partial charge < -0.3 is 4.57 Å². The van der Waals surface area contributed by atoms with Gasteiger partial charge in [0.15, 0.2) is 11.3 Å². The monoisotopic (exact) mass is 421 g/mol. The molecule has 0 radical (unpaired) electrons. The van der Waals surface area contributed by atoms with E-state index in [1.54, 1.807) is 53.6 Å². The number of aromatic nitrogens is 6. The minimum absolute atomic E-state index is 0.0850. The number of alkyl halides is 3. The van der Waals surface area contributed by atoms with E-state index < -0.39 is 11.9 Å². The molecule has 0 unspecified atom stereocenters. The molecule has 0 spiro atoms. The molecule has 150 valence electrons. The topological polar surface area (TPSA) is 77.3 Å². The highest BCUT2D eigenvalue weighted by Gasteiger charge is 2.34. The molecule has 0 aliphatic rings. The average Bonchev–Trinajstić information content (AvgIpc) is 3.16. The van der Waals surface area contributed by atoms with Gasteiger partial charge in [-0.15, -0.1) is 0 Å². The molecule has 1 N–H and O–H groups in total. The molecule has 0 aliphatic carbocycles. The first-order valence-electron chi connectivity index (χ1n) is 8.50. The third-order valence-electron chi connectivity index (χ3n) is 4.61. The molecule has 0 saturated carbocycles. The molecule has 0 fully saturated rings. The largest absolute Gasteiger partial charge is 0.435 e. The summed E-state index contributed by atoms with van der Waals surface area (Å²) >= 11 is 5.90. The molecule has 0 aliphatic heterocycles. The maximum atomic E-state index is 12.9. The van der Waals surface area contributed by atoms with Gasteiger partial charge in [-0.1, -0.05) is 12.1 Å². The maximum Gasteiger partial charge on any atom is 0.435 e. The SMILES string of the molecule is Cc1cc(C(F)(F)F)nn1-c1ccc(Cn2c(=N)n(C)c3cnc(Cl)nc32)cc1. The highest BCUT2D eigenvalue weighted by Crippen LogP contribution is 2.29. The van der Waals surface area contributed by atoms with E-state index >= 15 is 0 Å². The van der Waals surface area contributed by atoms with Crippen LogP contribution in [0.15, 0.2) is 36.5 Å². The van der Waals surface area contributed by atoms with Crippen LogP contribution >= 0.6 is 11.6 Å². The third kappa shape index (κ3) is 3.39. The van der Waals surface area contributed by atoms with Crippen molar-refractivity contribution in [3.8, 4) is 5.69 Å². The van der Waals surface area contributed by atoms with E-state index in [0.717, 1.165) is 11.6 Å². The van der Waals surface area contributed by atoms with Crippen LogP contribution in [0, 0.1) is 12.3 Å². The number of aryl methyl sites for hydroxylation is 2. The van der Waals surface area contributed by atoms with Crippen molar-refractivity contribution in [1.82, 2.24) is 28.9 Å². The number of fused-ring (bicyclic) bond motifs is 1. The lowest BCUT2D eigenvalue weighted by Crippen LogP contribution is -2.23. The second kappa shape index (κ2) is 6.73. The number of nitrogens with one attached hydrogen (secondary N) is 1.